The molecule has 0 spiro atoms. The second-order valence-electron chi connectivity index (χ2n) is 12.0. The Morgan fingerprint density at radius 1 is 0.782 bits per heavy atom. The van der Waals surface area contributed by atoms with E-state index in [9.17, 15) is 49.1 Å². The summed E-state index contributed by atoms with van der Waals surface area (Å²) in [5.74, 6) is -6.41. The molecule has 0 bridgehead atoms. The normalized spacial score (nSPS) is 13.0. The highest BCUT2D eigenvalue weighted by Crippen LogP contribution is 2.16. The number of carboxylic acids is 2. The van der Waals surface area contributed by atoms with Crippen molar-refractivity contribution in [2.45, 2.75) is 83.1 Å². The highest BCUT2D eigenvalue weighted by molar-refractivity contribution is 5.99. The third-order valence-corrected chi connectivity index (χ3v) is 7.24. The first-order valence-corrected chi connectivity index (χ1v) is 16.7. The Kier molecular flexibility index (Phi) is 20.1. The molecule has 2 rings (SSSR count). The van der Waals surface area contributed by atoms with Gasteiger partial charge >= 0.3 is 5.97 Å². The summed E-state index contributed by atoms with van der Waals surface area (Å²) in [6.07, 6.45) is -2.25. The van der Waals surface area contributed by atoms with E-state index >= 15 is 0 Å². The molecule has 55 heavy (non-hydrogen) atoms. The minimum atomic E-state index is -1.68. The Balaban J connectivity index is 0.00000359. The van der Waals surface area contributed by atoms with Crippen molar-refractivity contribution in [3.8, 4) is 0 Å². The summed E-state index contributed by atoms with van der Waals surface area (Å²) < 4.78 is 0. The molecule has 0 aliphatic carbocycles. The third kappa shape index (κ3) is 19.1. The van der Waals surface area contributed by atoms with Gasteiger partial charge in [0.2, 0.25) is 29.5 Å². The van der Waals surface area contributed by atoms with Crippen LogP contribution in [0.2, 0.25) is 0 Å². The number of aliphatic hydroxyl groups excluding tert-OH is 1. The quantitative estimate of drug-likeness (QED) is 0.0257. The molecule has 0 fully saturated rings. The van der Waals surface area contributed by atoms with Crippen LogP contribution in [0.25, 0.3) is 0 Å². The van der Waals surface area contributed by atoms with Crippen LogP contribution in [0.5, 0.6) is 0 Å². The number of non-ortho nitro benzene ring substituents is 1. The van der Waals surface area contributed by atoms with Crippen LogP contribution < -0.4 is 38.1 Å². The molecule has 5 atom stereocenters. The Labute approximate surface area is 315 Å². The minimum absolute atomic E-state index is 0.0309. The average molecular weight is 774 g/mol. The number of nitro benzene ring substituents is 1. The van der Waals surface area contributed by atoms with E-state index in [0.717, 1.165) is 6.92 Å². The summed E-state index contributed by atoms with van der Waals surface area (Å²) in [6, 6.07) is 7.94. The molecule has 21 heteroatoms. The molecule has 2 aromatic carbocycles. The molecule has 12 N–H and O–H groups in total. The molecule has 0 aromatic heterocycles. The highest BCUT2D eigenvalue weighted by atomic mass is 16.6. The second kappa shape index (κ2) is 23.8. The molecule has 300 valence electrons. The molecule has 5 amide bonds. The SMILES string of the molecule is CC(=O)NC(CCCN=C(N)N)C(=O)NC(CCC(=O)O)C(=O)NC(C(=O)NC(Cc1ccccc1)C(=O)Nc1ccc([N+](=O)[O-])cc1)C(C)O.CC(=O)O. The number of nitro groups is 1. The van der Waals surface area contributed by atoms with Gasteiger partial charge in [-0.1, -0.05) is 30.3 Å². The summed E-state index contributed by atoms with van der Waals surface area (Å²) in [5.41, 5.74) is 11.3. The van der Waals surface area contributed by atoms with E-state index in [1.807, 2.05) is 0 Å². The largest absolute Gasteiger partial charge is 0.481 e. The third-order valence-electron chi connectivity index (χ3n) is 7.24. The molecule has 0 aliphatic heterocycles. The predicted octanol–water partition coefficient (Wildman–Crippen LogP) is -0.875. The molecule has 21 nitrogen and oxygen atoms in total. The second-order valence-corrected chi connectivity index (χ2v) is 12.0. The van der Waals surface area contributed by atoms with Crippen molar-refractivity contribution < 1.29 is 53.8 Å². The van der Waals surface area contributed by atoms with Crippen molar-refractivity contribution in [1.82, 2.24) is 21.3 Å². The van der Waals surface area contributed by atoms with Gasteiger partial charge in [0, 0.05) is 51.1 Å². The Morgan fingerprint density at radius 2 is 1.33 bits per heavy atom. The maximum Gasteiger partial charge on any atom is 0.303 e. The van der Waals surface area contributed by atoms with E-state index < -0.39 is 89.5 Å². The summed E-state index contributed by atoms with van der Waals surface area (Å²) >= 11 is 0. The van der Waals surface area contributed by atoms with Crippen LogP contribution in [0.15, 0.2) is 59.6 Å². The minimum Gasteiger partial charge on any atom is -0.481 e. The van der Waals surface area contributed by atoms with Gasteiger partial charge < -0.3 is 53.4 Å². The van der Waals surface area contributed by atoms with Crippen molar-refractivity contribution in [2.75, 3.05) is 11.9 Å². The fraction of sp³-hybridized carbons (Fsp3) is 0.412. The van der Waals surface area contributed by atoms with Gasteiger partial charge in [-0.15, -0.1) is 0 Å². The van der Waals surface area contributed by atoms with Gasteiger partial charge in [-0.3, -0.25) is 48.7 Å². The first-order valence-electron chi connectivity index (χ1n) is 16.7. The topological polar surface area (TPSA) is 348 Å². The number of nitrogens with one attached hydrogen (secondary N) is 5. The lowest BCUT2D eigenvalue weighted by Gasteiger charge is -2.27. The number of carbonyl (C=O) groups excluding carboxylic acids is 5. The van der Waals surface area contributed by atoms with E-state index in [0.29, 0.717) is 5.56 Å². The number of aliphatic imine (C=N–C) groups is 1. The average Bonchev–Trinajstić information content (AvgIpc) is 3.09. The lowest BCUT2D eigenvalue weighted by Crippen LogP contribution is -2.60. The summed E-state index contributed by atoms with van der Waals surface area (Å²) in [6.45, 7) is 3.59. The number of benzene rings is 2. The molecule has 0 radical (unpaired) electrons. The monoisotopic (exact) mass is 773 g/mol. The zero-order valence-corrected chi connectivity index (χ0v) is 30.4. The molecule has 0 saturated carbocycles. The molecule has 5 unspecified atom stereocenters. The van der Waals surface area contributed by atoms with Gasteiger partial charge in [0.25, 0.3) is 11.7 Å². The lowest BCUT2D eigenvalue weighted by atomic mass is 10.0. The first-order chi connectivity index (χ1) is 25.8. The molecule has 2 aromatic rings. The summed E-state index contributed by atoms with van der Waals surface area (Å²) in [4.78, 5) is 99.9. The van der Waals surface area contributed by atoms with Crippen LogP contribution >= 0.6 is 0 Å². The smallest absolute Gasteiger partial charge is 0.303 e. The zero-order chi connectivity index (χ0) is 41.7. The van der Waals surface area contributed by atoms with Crippen LogP contribution in [0.1, 0.15) is 52.0 Å². The number of hydrogen-bond donors (Lipinski definition) is 10. The van der Waals surface area contributed by atoms with Crippen molar-refractivity contribution in [3.05, 3.63) is 70.3 Å². The van der Waals surface area contributed by atoms with Crippen molar-refractivity contribution in [3.63, 3.8) is 0 Å². The van der Waals surface area contributed by atoms with E-state index in [2.05, 4.69) is 31.6 Å². The maximum atomic E-state index is 13.5. The number of hydrogen-bond acceptors (Lipinski definition) is 11. The first kappa shape index (κ1) is 46.4. The van der Waals surface area contributed by atoms with Crippen LogP contribution in [-0.2, 0) is 40.0 Å². The van der Waals surface area contributed by atoms with E-state index in [4.69, 9.17) is 21.4 Å². The molecule has 0 saturated heterocycles. The summed E-state index contributed by atoms with van der Waals surface area (Å²) in [5, 5.41) is 50.5. The van der Waals surface area contributed by atoms with E-state index in [1.54, 1.807) is 30.3 Å². The Hall–Kier alpha value is -6.64. The molecular formula is C34H47N9O12. The number of carboxylic acid groups (broad SMARTS) is 2. The van der Waals surface area contributed by atoms with Crippen LogP contribution in [0.3, 0.4) is 0 Å². The van der Waals surface area contributed by atoms with Crippen molar-refractivity contribution >= 4 is 58.8 Å². The van der Waals surface area contributed by atoms with Crippen LogP contribution in [0, 0.1) is 10.1 Å². The van der Waals surface area contributed by atoms with Gasteiger partial charge in [-0.2, -0.15) is 0 Å². The molecular weight excluding hydrogens is 726 g/mol. The number of nitrogens with zero attached hydrogens (tertiary/aromatic N) is 2. The van der Waals surface area contributed by atoms with Crippen molar-refractivity contribution in [2.24, 2.45) is 16.5 Å². The number of amides is 5. The van der Waals surface area contributed by atoms with E-state index in [-0.39, 0.29) is 43.1 Å². The van der Waals surface area contributed by atoms with E-state index in [1.165, 1.54) is 38.1 Å². The number of aliphatic hydroxyl groups is 1. The van der Waals surface area contributed by atoms with Crippen LogP contribution in [-0.4, -0.2) is 104 Å². The number of rotatable bonds is 20. The Morgan fingerprint density at radius 3 is 1.84 bits per heavy atom. The van der Waals surface area contributed by atoms with Gasteiger partial charge in [0.05, 0.1) is 11.0 Å². The standard InChI is InChI=1S/C32H43N9O10.C2H4O2/c1-18(42)27(40-29(47)24(14-15-26(44)45)38-28(46)23(36-19(2)43)9-6-16-35-32(33)34)31(49)39-25(17-20-7-4-3-5-8-20)30(48)37-21-10-12-22(13-11-21)41(50)51;1-2(3)4/h3-5,7-8,10-13,18,23-25,27,42H,6,9,14-17H2,1-2H3,(H,36,43)(H,37,48)(H,38,46)(H,39,49)(H,40,47)(H,44,45)(H4,33,34,35);1H3,(H,3,4). The van der Waals surface area contributed by atoms with Crippen LogP contribution in [0.4, 0.5) is 11.4 Å². The highest BCUT2D eigenvalue weighted by Gasteiger charge is 2.33. The number of anilines is 1. The van der Waals surface area contributed by atoms with Gasteiger partial charge in [-0.05, 0) is 43.9 Å². The number of carbonyl (C=O) groups is 7. The molecule has 0 heterocycles. The predicted molar refractivity (Wildman–Crippen MR) is 197 cm³/mol. The number of guanidine groups is 1. The Bertz CT molecular complexity index is 1660. The molecule has 0 aliphatic rings. The number of aliphatic carboxylic acids is 2. The van der Waals surface area contributed by atoms with Crippen molar-refractivity contribution in [1.29, 1.82) is 0 Å². The fourth-order valence-electron chi connectivity index (χ4n) is 4.70. The van der Waals surface area contributed by atoms with Gasteiger partial charge in [0.1, 0.15) is 24.2 Å². The summed E-state index contributed by atoms with van der Waals surface area (Å²) in [7, 11) is 0. The van der Waals surface area contributed by atoms with Gasteiger partial charge in [-0.25, -0.2) is 0 Å². The fourth-order valence-corrected chi connectivity index (χ4v) is 4.70. The maximum absolute atomic E-state index is 13.5. The lowest BCUT2D eigenvalue weighted by molar-refractivity contribution is -0.384. The van der Waals surface area contributed by atoms with Gasteiger partial charge in [0.15, 0.2) is 5.96 Å². The number of nitrogens with two attached hydrogens (primary N) is 2. The zero-order valence-electron chi connectivity index (χ0n) is 30.4.